The van der Waals surface area contributed by atoms with Crippen LogP contribution in [0.3, 0.4) is 0 Å². The van der Waals surface area contributed by atoms with Crippen molar-refractivity contribution in [2.45, 2.75) is 18.1 Å². The first-order valence-corrected chi connectivity index (χ1v) is 4.80. The highest BCUT2D eigenvalue weighted by Gasteiger charge is 2.43. The molecule has 1 N–H and O–H groups in total. The molecule has 0 aromatic carbocycles. The largest absolute Gasteiger partial charge is 0.467 e. The fourth-order valence-corrected chi connectivity index (χ4v) is 1.91. The zero-order valence-corrected chi connectivity index (χ0v) is 8.25. The lowest BCUT2D eigenvalue weighted by atomic mass is 10.0. The molecule has 2 aliphatic heterocycles. The average Bonchev–Trinajstić information content (AvgIpc) is 2.65. The number of ether oxygens (including phenoxy) is 3. The maximum absolute atomic E-state index is 11.3. The molecule has 0 amide bonds. The van der Waals surface area contributed by atoms with Crippen LogP contribution >= 0.6 is 0 Å². The Bertz CT molecular complexity index is 225. The van der Waals surface area contributed by atoms with Crippen LogP contribution in [0.1, 0.15) is 6.42 Å². The van der Waals surface area contributed by atoms with Crippen molar-refractivity contribution in [2.24, 2.45) is 0 Å². The van der Waals surface area contributed by atoms with E-state index < -0.39 is 6.10 Å². The van der Waals surface area contributed by atoms with Crippen molar-refractivity contribution in [1.82, 2.24) is 5.32 Å². The molecule has 2 rings (SSSR count). The van der Waals surface area contributed by atoms with Crippen molar-refractivity contribution in [3.63, 3.8) is 0 Å². The van der Waals surface area contributed by atoms with Crippen molar-refractivity contribution < 1.29 is 19.0 Å². The van der Waals surface area contributed by atoms with Crippen LogP contribution in [0.4, 0.5) is 0 Å². The molecule has 5 nitrogen and oxygen atoms in total. The van der Waals surface area contributed by atoms with Crippen LogP contribution in [0.5, 0.6) is 0 Å². The van der Waals surface area contributed by atoms with E-state index in [4.69, 9.17) is 9.47 Å². The van der Waals surface area contributed by atoms with E-state index in [9.17, 15) is 4.79 Å². The maximum atomic E-state index is 11.3. The minimum absolute atomic E-state index is 0.300. The summed E-state index contributed by atoms with van der Waals surface area (Å²) >= 11 is 0. The van der Waals surface area contributed by atoms with Crippen LogP contribution in [-0.4, -0.2) is 51.1 Å². The fraction of sp³-hybridized carbons (Fsp3) is 0.889. The van der Waals surface area contributed by atoms with Crippen LogP contribution in [0.2, 0.25) is 0 Å². The molecule has 2 saturated heterocycles. The number of hydrogen-bond acceptors (Lipinski definition) is 5. The van der Waals surface area contributed by atoms with Gasteiger partial charge in [0, 0.05) is 6.54 Å². The first-order chi connectivity index (χ1) is 6.76. The highest BCUT2D eigenvalue weighted by Crippen LogP contribution is 2.26. The molecule has 2 aliphatic rings. The van der Waals surface area contributed by atoms with Gasteiger partial charge in [-0.2, -0.15) is 0 Å². The third-order valence-corrected chi connectivity index (χ3v) is 2.70. The topological polar surface area (TPSA) is 56.8 Å². The molecular formula is C9H15NO4. The molecule has 1 spiro atoms. The molecule has 80 valence electrons. The summed E-state index contributed by atoms with van der Waals surface area (Å²) in [6, 6.07) is 0. The first-order valence-electron chi connectivity index (χ1n) is 4.80. The summed E-state index contributed by atoms with van der Waals surface area (Å²) in [5.74, 6) is -0.351. The lowest BCUT2D eigenvalue weighted by Crippen LogP contribution is -2.51. The quantitative estimate of drug-likeness (QED) is 0.569. The second-order valence-electron chi connectivity index (χ2n) is 3.75. The predicted molar refractivity (Wildman–Crippen MR) is 47.9 cm³/mol. The second-order valence-corrected chi connectivity index (χ2v) is 3.75. The third-order valence-electron chi connectivity index (χ3n) is 2.70. The Balaban J connectivity index is 1.99. The van der Waals surface area contributed by atoms with Gasteiger partial charge in [0.25, 0.3) is 0 Å². The molecule has 14 heavy (non-hydrogen) atoms. The highest BCUT2D eigenvalue weighted by molar-refractivity contribution is 5.74. The number of nitrogens with one attached hydrogen (secondary N) is 1. The van der Waals surface area contributed by atoms with E-state index in [0.717, 1.165) is 19.5 Å². The van der Waals surface area contributed by atoms with Gasteiger partial charge in [-0.25, -0.2) is 4.79 Å². The number of hydrogen-bond donors (Lipinski definition) is 1. The van der Waals surface area contributed by atoms with Crippen LogP contribution in [0, 0.1) is 0 Å². The molecule has 0 radical (unpaired) electrons. The summed E-state index contributed by atoms with van der Waals surface area (Å²) in [6.07, 6.45) is 0.328. The summed E-state index contributed by atoms with van der Waals surface area (Å²) in [7, 11) is 1.36. The van der Waals surface area contributed by atoms with E-state index in [-0.39, 0.29) is 11.6 Å². The van der Waals surface area contributed by atoms with Crippen molar-refractivity contribution in [2.75, 3.05) is 33.4 Å². The number of methoxy groups -OCH3 is 1. The first kappa shape index (κ1) is 9.89. The molecular weight excluding hydrogens is 186 g/mol. The molecule has 5 heteroatoms. The standard InChI is InChI=1S/C9H15NO4/c1-12-8(11)7-4-13-6-9(14-7)2-3-10-5-9/h7,10H,2-6H2,1H3. The third kappa shape index (κ3) is 1.75. The van der Waals surface area contributed by atoms with Gasteiger partial charge in [-0.05, 0) is 13.0 Å². The van der Waals surface area contributed by atoms with Crippen LogP contribution in [0.25, 0.3) is 0 Å². The Morgan fingerprint density at radius 1 is 1.64 bits per heavy atom. The van der Waals surface area contributed by atoms with Crippen LogP contribution in [-0.2, 0) is 19.0 Å². The Morgan fingerprint density at radius 3 is 3.14 bits per heavy atom. The maximum Gasteiger partial charge on any atom is 0.337 e. The minimum atomic E-state index is -0.561. The van der Waals surface area contributed by atoms with Crippen molar-refractivity contribution >= 4 is 5.97 Å². The SMILES string of the molecule is COC(=O)C1COCC2(CCNC2)O1. The lowest BCUT2D eigenvalue weighted by molar-refractivity contribution is -0.206. The van der Waals surface area contributed by atoms with Crippen molar-refractivity contribution in [3.8, 4) is 0 Å². The van der Waals surface area contributed by atoms with Gasteiger partial charge in [-0.1, -0.05) is 0 Å². The number of rotatable bonds is 1. The molecule has 0 aliphatic carbocycles. The molecule has 2 atom stereocenters. The van der Waals surface area contributed by atoms with Gasteiger partial charge in [0.2, 0.25) is 0 Å². The van der Waals surface area contributed by atoms with Gasteiger partial charge in [-0.15, -0.1) is 0 Å². The van der Waals surface area contributed by atoms with Gasteiger partial charge < -0.3 is 19.5 Å². The Kier molecular flexibility index (Phi) is 2.71. The van der Waals surface area contributed by atoms with Crippen LogP contribution in [0.15, 0.2) is 0 Å². The normalized spacial score (nSPS) is 37.4. The fourth-order valence-electron chi connectivity index (χ4n) is 1.91. The van der Waals surface area contributed by atoms with Crippen molar-refractivity contribution in [3.05, 3.63) is 0 Å². The van der Waals surface area contributed by atoms with Crippen LogP contribution < -0.4 is 5.32 Å². The zero-order chi connectivity index (χ0) is 10.0. The Morgan fingerprint density at radius 2 is 2.50 bits per heavy atom. The number of carbonyl (C=O) groups excluding carboxylic acids is 1. The molecule has 0 bridgehead atoms. The zero-order valence-electron chi connectivity index (χ0n) is 8.25. The summed E-state index contributed by atoms with van der Waals surface area (Å²) in [5.41, 5.74) is -0.308. The van der Waals surface area contributed by atoms with Gasteiger partial charge in [0.15, 0.2) is 6.10 Å². The van der Waals surface area contributed by atoms with Gasteiger partial charge in [-0.3, -0.25) is 0 Å². The number of esters is 1. The van der Waals surface area contributed by atoms with Crippen molar-refractivity contribution in [1.29, 1.82) is 0 Å². The summed E-state index contributed by atoms with van der Waals surface area (Å²) in [5, 5.41) is 3.20. The predicted octanol–water partition coefficient (Wildman–Crippen LogP) is -0.693. The van der Waals surface area contributed by atoms with Gasteiger partial charge in [0.05, 0.1) is 20.3 Å². The van der Waals surface area contributed by atoms with E-state index >= 15 is 0 Å². The summed E-state index contributed by atoms with van der Waals surface area (Å²) in [6.45, 7) is 2.53. The minimum Gasteiger partial charge on any atom is -0.467 e. The van der Waals surface area contributed by atoms with E-state index in [1.807, 2.05) is 0 Å². The molecule has 2 heterocycles. The lowest BCUT2D eigenvalue weighted by Gasteiger charge is -2.36. The van der Waals surface area contributed by atoms with E-state index in [1.54, 1.807) is 0 Å². The monoisotopic (exact) mass is 201 g/mol. The average molecular weight is 201 g/mol. The van der Waals surface area contributed by atoms with Gasteiger partial charge in [0.1, 0.15) is 5.60 Å². The van der Waals surface area contributed by atoms with Gasteiger partial charge >= 0.3 is 5.97 Å². The Labute approximate surface area is 82.7 Å². The molecule has 0 saturated carbocycles. The molecule has 2 unspecified atom stereocenters. The molecule has 0 aromatic heterocycles. The number of carbonyl (C=O) groups is 1. The summed E-state index contributed by atoms with van der Waals surface area (Å²) < 4.78 is 15.7. The molecule has 2 fully saturated rings. The highest BCUT2D eigenvalue weighted by atomic mass is 16.6. The second kappa shape index (κ2) is 3.84. The summed E-state index contributed by atoms with van der Waals surface area (Å²) in [4.78, 5) is 11.3. The van der Waals surface area contributed by atoms with E-state index in [1.165, 1.54) is 7.11 Å². The van der Waals surface area contributed by atoms with E-state index in [2.05, 4.69) is 10.1 Å². The Hall–Kier alpha value is -0.650. The van der Waals surface area contributed by atoms with E-state index in [0.29, 0.717) is 13.2 Å². The smallest absolute Gasteiger partial charge is 0.337 e. The molecule has 0 aromatic rings.